The number of methoxy groups -OCH3 is 1. The molecule has 1 N–H and O–H groups in total. The molecule has 1 heterocycles. The van der Waals surface area contributed by atoms with Gasteiger partial charge in [0, 0.05) is 13.0 Å². The Morgan fingerprint density at radius 1 is 1.19 bits per heavy atom. The number of carbonyl (C=O) groups excluding carboxylic acids is 1. The van der Waals surface area contributed by atoms with Crippen molar-refractivity contribution >= 4 is 11.9 Å². The minimum absolute atomic E-state index is 0.0000197. The third-order valence-corrected chi connectivity index (χ3v) is 5.00. The highest BCUT2D eigenvalue weighted by Crippen LogP contribution is 2.32. The molecule has 5 nitrogen and oxygen atoms in total. The molecule has 0 aromatic heterocycles. The SMILES string of the molecule is COc1ccc(C(C)CC(=O)N2CCc3ccccc3C2C(=O)O)cc1. The van der Waals surface area contributed by atoms with Crippen LogP contribution in [0.5, 0.6) is 5.75 Å². The van der Waals surface area contributed by atoms with Crippen LogP contribution in [0.2, 0.25) is 0 Å². The molecule has 0 spiro atoms. The van der Waals surface area contributed by atoms with E-state index in [9.17, 15) is 14.7 Å². The Bertz CT molecular complexity index is 800. The smallest absolute Gasteiger partial charge is 0.331 e. The first kappa shape index (κ1) is 18.0. The summed E-state index contributed by atoms with van der Waals surface area (Å²) >= 11 is 0. The lowest BCUT2D eigenvalue weighted by Gasteiger charge is -2.35. The zero-order chi connectivity index (χ0) is 18.7. The van der Waals surface area contributed by atoms with Crippen LogP contribution in [0, 0.1) is 0 Å². The third-order valence-electron chi connectivity index (χ3n) is 5.00. The van der Waals surface area contributed by atoms with Crippen LogP contribution in [-0.2, 0) is 16.0 Å². The molecule has 5 heteroatoms. The molecule has 0 saturated heterocycles. The van der Waals surface area contributed by atoms with Gasteiger partial charge in [0.2, 0.25) is 5.91 Å². The lowest BCUT2D eigenvalue weighted by molar-refractivity contribution is -0.151. The van der Waals surface area contributed by atoms with Gasteiger partial charge >= 0.3 is 5.97 Å². The highest BCUT2D eigenvalue weighted by molar-refractivity contribution is 5.86. The fourth-order valence-corrected chi connectivity index (χ4v) is 3.53. The van der Waals surface area contributed by atoms with E-state index < -0.39 is 12.0 Å². The normalized spacial score (nSPS) is 17.3. The van der Waals surface area contributed by atoms with Gasteiger partial charge in [-0.25, -0.2) is 4.79 Å². The van der Waals surface area contributed by atoms with E-state index in [1.807, 2.05) is 49.4 Å². The van der Waals surface area contributed by atoms with Gasteiger partial charge in [0.25, 0.3) is 0 Å². The first-order chi connectivity index (χ1) is 12.5. The van der Waals surface area contributed by atoms with Crippen LogP contribution in [0.1, 0.15) is 42.0 Å². The highest BCUT2D eigenvalue weighted by Gasteiger charge is 2.35. The second kappa shape index (κ2) is 7.60. The van der Waals surface area contributed by atoms with E-state index in [-0.39, 0.29) is 18.2 Å². The van der Waals surface area contributed by atoms with Gasteiger partial charge in [0.05, 0.1) is 7.11 Å². The highest BCUT2D eigenvalue weighted by atomic mass is 16.5. The van der Waals surface area contributed by atoms with Crippen molar-refractivity contribution in [3.63, 3.8) is 0 Å². The minimum atomic E-state index is -0.984. The van der Waals surface area contributed by atoms with E-state index in [0.717, 1.165) is 22.4 Å². The van der Waals surface area contributed by atoms with Crippen LogP contribution in [0.3, 0.4) is 0 Å². The number of aliphatic carboxylic acids is 1. The molecule has 0 bridgehead atoms. The molecule has 26 heavy (non-hydrogen) atoms. The number of ether oxygens (including phenoxy) is 1. The fourth-order valence-electron chi connectivity index (χ4n) is 3.53. The maximum Gasteiger partial charge on any atom is 0.331 e. The molecular weight excluding hydrogens is 330 g/mol. The fraction of sp³-hybridized carbons (Fsp3) is 0.333. The molecule has 136 valence electrons. The summed E-state index contributed by atoms with van der Waals surface area (Å²) < 4.78 is 5.16. The molecular formula is C21H23NO4. The van der Waals surface area contributed by atoms with Crippen LogP contribution >= 0.6 is 0 Å². The van der Waals surface area contributed by atoms with Crippen molar-refractivity contribution in [2.75, 3.05) is 13.7 Å². The Hall–Kier alpha value is -2.82. The molecule has 2 unspecified atom stereocenters. The molecule has 2 aromatic rings. The van der Waals surface area contributed by atoms with E-state index in [1.165, 1.54) is 4.90 Å². The number of fused-ring (bicyclic) bond motifs is 1. The van der Waals surface area contributed by atoms with Crippen LogP contribution in [0.4, 0.5) is 0 Å². The van der Waals surface area contributed by atoms with E-state index in [2.05, 4.69) is 0 Å². The van der Waals surface area contributed by atoms with Gasteiger partial charge in [0.1, 0.15) is 5.75 Å². The lowest BCUT2D eigenvalue weighted by atomic mass is 9.91. The largest absolute Gasteiger partial charge is 0.497 e. The average molecular weight is 353 g/mol. The molecule has 2 atom stereocenters. The lowest BCUT2D eigenvalue weighted by Crippen LogP contribution is -2.43. The number of hydrogen-bond donors (Lipinski definition) is 1. The molecule has 0 fully saturated rings. The quantitative estimate of drug-likeness (QED) is 0.895. The summed E-state index contributed by atoms with van der Waals surface area (Å²) in [4.78, 5) is 26.2. The van der Waals surface area contributed by atoms with Gasteiger partial charge in [-0.05, 0) is 41.2 Å². The van der Waals surface area contributed by atoms with Crippen LogP contribution in [0.15, 0.2) is 48.5 Å². The third kappa shape index (κ3) is 3.57. The van der Waals surface area contributed by atoms with Crippen molar-refractivity contribution < 1.29 is 19.4 Å². The predicted molar refractivity (Wildman–Crippen MR) is 98.3 cm³/mol. The number of rotatable bonds is 5. The predicted octanol–water partition coefficient (Wildman–Crippen LogP) is 3.40. The Morgan fingerprint density at radius 3 is 2.54 bits per heavy atom. The van der Waals surface area contributed by atoms with Gasteiger partial charge in [-0.15, -0.1) is 0 Å². The maximum atomic E-state index is 12.9. The van der Waals surface area contributed by atoms with Crippen molar-refractivity contribution in [1.82, 2.24) is 4.90 Å². The second-order valence-corrected chi connectivity index (χ2v) is 6.66. The van der Waals surface area contributed by atoms with Gasteiger partial charge in [0.15, 0.2) is 6.04 Å². The zero-order valence-corrected chi connectivity index (χ0v) is 15.0. The summed E-state index contributed by atoms with van der Waals surface area (Å²) in [5, 5.41) is 9.71. The van der Waals surface area contributed by atoms with E-state index >= 15 is 0 Å². The minimum Gasteiger partial charge on any atom is -0.497 e. The molecule has 0 aliphatic carbocycles. The van der Waals surface area contributed by atoms with Crippen molar-refractivity contribution in [3.8, 4) is 5.75 Å². The van der Waals surface area contributed by atoms with E-state index in [4.69, 9.17) is 4.74 Å². The molecule has 2 aromatic carbocycles. The average Bonchev–Trinajstić information content (AvgIpc) is 2.66. The monoisotopic (exact) mass is 353 g/mol. The number of amides is 1. The topological polar surface area (TPSA) is 66.8 Å². The number of carboxylic acids is 1. The first-order valence-electron chi connectivity index (χ1n) is 8.75. The van der Waals surface area contributed by atoms with Crippen molar-refractivity contribution in [2.45, 2.75) is 31.7 Å². The number of carboxylic acid groups (broad SMARTS) is 1. The summed E-state index contributed by atoms with van der Waals surface area (Å²) in [6.45, 7) is 2.41. The Morgan fingerprint density at radius 2 is 1.88 bits per heavy atom. The van der Waals surface area contributed by atoms with Gasteiger partial charge in [-0.1, -0.05) is 43.3 Å². The van der Waals surface area contributed by atoms with Crippen LogP contribution < -0.4 is 4.74 Å². The summed E-state index contributed by atoms with van der Waals surface area (Å²) in [5.74, 6) is -0.344. The van der Waals surface area contributed by atoms with Gasteiger partial charge in [-0.2, -0.15) is 0 Å². The van der Waals surface area contributed by atoms with E-state index in [1.54, 1.807) is 13.2 Å². The molecule has 0 saturated carbocycles. The summed E-state index contributed by atoms with van der Waals surface area (Å²) in [6, 6.07) is 14.2. The number of carbonyl (C=O) groups is 2. The van der Waals surface area contributed by atoms with Crippen LogP contribution in [0.25, 0.3) is 0 Å². The molecule has 1 aliphatic heterocycles. The summed E-state index contributed by atoms with van der Waals surface area (Å²) in [6.07, 6.45) is 0.959. The number of nitrogens with zero attached hydrogens (tertiary/aromatic N) is 1. The van der Waals surface area contributed by atoms with Crippen molar-refractivity contribution in [2.24, 2.45) is 0 Å². The van der Waals surface area contributed by atoms with Crippen LogP contribution in [-0.4, -0.2) is 35.5 Å². The number of hydrogen-bond acceptors (Lipinski definition) is 3. The Labute approximate surface area is 153 Å². The molecule has 0 radical (unpaired) electrons. The van der Waals surface area contributed by atoms with Crippen molar-refractivity contribution in [1.29, 1.82) is 0 Å². The zero-order valence-electron chi connectivity index (χ0n) is 15.0. The summed E-state index contributed by atoms with van der Waals surface area (Å²) in [7, 11) is 1.61. The van der Waals surface area contributed by atoms with Gasteiger partial charge < -0.3 is 14.7 Å². The standard InChI is InChI=1S/C21H23NO4/c1-14(15-7-9-17(26-2)10-8-15)13-19(23)22-12-11-16-5-3-4-6-18(16)20(22)21(24)25/h3-10,14,20H,11-13H2,1-2H3,(H,24,25). The van der Waals surface area contributed by atoms with Gasteiger partial charge in [-0.3, -0.25) is 4.79 Å². The maximum absolute atomic E-state index is 12.9. The van der Waals surface area contributed by atoms with Crippen molar-refractivity contribution in [3.05, 3.63) is 65.2 Å². The van der Waals surface area contributed by atoms with E-state index in [0.29, 0.717) is 13.0 Å². The number of benzene rings is 2. The Balaban J connectivity index is 1.77. The second-order valence-electron chi connectivity index (χ2n) is 6.66. The molecule has 3 rings (SSSR count). The molecule has 1 amide bonds. The molecule has 1 aliphatic rings. The Kier molecular flexibility index (Phi) is 5.26. The first-order valence-corrected chi connectivity index (χ1v) is 8.75. The summed E-state index contributed by atoms with van der Waals surface area (Å²) in [5.41, 5.74) is 2.76.